The summed E-state index contributed by atoms with van der Waals surface area (Å²) in [5, 5.41) is 3.69. The van der Waals surface area contributed by atoms with Gasteiger partial charge in [-0.05, 0) is 55.8 Å². The fraction of sp³-hybridized carbons (Fsp3) is 0.381. The second-order valence-corrected chi connectivity index (χ2v) is 7.10. The van der Waals surface area contributed by atoms with Crippen molar-refractivity contribution < 1.29 is 14.3 Å². The molecule has 0 radical (unpaired) electrons. The predicted molar refractivity (Wildman–Crippen MR) is 111 cm³/mol. The zero-order valence-corrected chi connectivity index (χ0v) is 17.1. The summed E-state index contributed by atoms with van der Waals surface area (Å²) >= 11 is 11.9. The maximum absolute atomic E-state index is 12.3. The minimum atomic E-state index is -0.710. The first-order chi connectivity index (χ1) is 13.0. The van der Waals surface area contributed by atoms with Crippen molar-refractivity contribution in [2.24, 2.45) is 0 Å². The molecule has 0 bridgehead atoms. The number of carbonyl (C=O) groups is 1. The van der Waals surface area contributed by atoms with Gasteiger partial charge in [-0.2, -0.15) is 0 Å². The van der Waals surface area contributed by atoms with Gasteiger partial charge < -0.3 is 14.8 Å². The van der Waals surface area contributed by atoms with Crippen LogP contribution < -0.4 is 14.8 Å². The molecule has 146 valence electrons. The third kappa shape index (κ3) is 7.31. The number of ether oxygens (including phenoxy) is 2. The number of hydrogen-bond donors (Lipinski definition) is 1. The number of carbonyl (C=O) groups excluding carboxylic acids is 1. The molecule has 0 aliphatic rings. The fourth-order valence-electron chi connectivity index (χ4n) is 2.41. The molecule has 0 fully saturated rings. The SMILES string of the molecule is CCCCCCOc1ccc(NC(=O)C(C)Oc2ccc(Cl)cc2Cl)cc1. The molecular weight excluding hydrogens is 385 g/mol. The van der Waals surface area contributed by atoms with E-state index in [0.717, 1.165) is 12.2 Å². The molecule has 1 amide bonds. The van der Waals surface area contributed by atoms with Crippen LogP contribution in [0.3, 0.4) is 0 Å². The summed E-state index contributed by atoms with van der Waals surface area (Å²) < 4.78 is 11.3. The summed E-state index contributed by atoms with van der Waals surface area (Å²) in [4.78, 5) is 12.3. The molecule has 0 aliphatic carbocycles. The molecule has 1 unspecified atom stereocenters. The summed E-state index contributed by atoms with van der Waals surface area (Å²) in [5.74, 6) is 0.937. The first-order valence-corrected chi connectivity index (χ1v) is 9.90. The molecule has 0 aromatic heterocycles. The molecule has 1 atom stereocenters. The van der Waals surface area contributed by atoms with Crippen molar-refractivity contribution in [1.82, 2.24) is 0 Å². The summed E-state index contributed by atoms with van der Waals surface area (Å²) in [6.07, 6.45) is 3.96. The number of unbranched alkanes of at least 4 members (excludes halogenated alkanes) is 3. The van der Waals surface area contributed by atoms with Crippen molar-refractivity contribution in [3.05, 3.63) is 52.5 Å². The molecule has 4 nitrogen and oxygen atoms in total. The zero-order chi connectivity index (χ0) is 19.6. The Morgan fingerprint density at radius 2 is 1.81 bits per heavy atom. The minimum Gasteiger partial charge on any atom is -0.494 e. The monoisotopic (exact) mass is 409 g/mol. The topological polar surface area (TPSA) is 47.6 Å². The molecule has 0 aliphatic heterocycles. The number of halogens is 2. The lowest BCUT2D eigenvalue weighted by Gasteiger charge is -2.16. The van der Waals surface area contributed by atoms with E-state index in [4.69, 9.17) is 32.7 Å². The zero-order valence-electron chi connectivity index (χ0n) is 15.6. The van der Waals surface area contributed by atoms with Crippen LogP contribution in [0.5, 0.6) is 11.5 Å². The third-order valence-electron chi connectivity index (χ3n) is 3.96. The fourth-order valence-corrected chi connectivity index (χ4v) is 2.87. The van der Waals surface area contributed by atoms with Gasteiger partial charge in [-0.25, -0.2) is 0 Å². The van der Waals surface area contributed by atoms with Crippen molar-refractivity contribution in [2.75, 3.05) is 11.9 Å². The molecule has 6 heteroatoms. The molecule has 0 heterocycles. The van der Waals surface area contributed by atoms with Gasteiger partial charge in [0.2, 0.25) is 0 Å². The van der Waals surface area contributed by atoms with Crippen molar-refractivity contribution >= 4 is 34.8 Å². The summed E-state index contributed by atoms with van der Waals surface area (Å²) in [7, 11) is 0. The van der Waals surface area contributed by atoms with Crippen LogP contribution in [0.1, 0.15) is 39.5 Å². The average Bonchev–Trinajstić information content (AvgIpc) is 2.65. The number of anilines is 1. The summed E-state index contributed by atoms with van der Waals surface area (Å²) in [5.41, 5.74) is 0.677. The van der Waals surface area contributed by atoms with Crippen molar-refractivity contribution in [3.8, 4) is 11.5 Å². The Kier molecular flexibility index (Phi) is 8.76. The highest BCUT2D eigenvalue weighted by molar-refractivity contribution is 6.35. The lowest BCUT2D eigenvalue weighted by molar-refractivity contribution is -0.122. The van der Waals surface area contributed by atoms with Crippen LogP contribution in [-0.4, -0.2) is 18.6 Å². The highest BCUT2D eigenvalue weighted by atomic mass is 35.5. The first-order valence-electron chi connectivity index (χ1n) is 9.15. The van der Waals surface area contributed by atoms with Gasteiger partial charge in [0, 0.05) is 10.7 Å². The molecule has 0 saturated carbocycles. The number of amides is 1. The lowest BCUT2D eigenvalue weighted by Crippen LogP contribution is -2.30. The lowest BCUT2D eigenvalue weighted by atomic mass is 10.2. The Balaban J connectivity index is 1.82. The standard InChI is InChI=1S/C21H25Cl2NO3/c1-3-4-5-6-13-26-18-10-8-17(9-11-18)24-21(25)15(2)27-20-12-7-16(22)14-19(20)23/h7-12,14-15H,3-6,13H2,1-2H3,(H,24,25). The second kappa shape index (κ2) is 11.1. The van der Waals surface area contributed by atoms with E-state index < -0.39 is 6.10 Å². The van der Waals surface area contributed by atoms with E-state index in [1.54, 1.807) is 37.3 Å². The molecule has 0 saturated heterocycles. The van der Waals surface area contributed by atoms with Gasteiger partial charge in [0.1, 0.15) is 11.5 Å². The van der Waals surface area contributed by atoms with Gasteiger partial charge in [0.25, 0.3) is 5.91 Å². The van der Waals surface area contributed by atoms with Crippen LogP contribution in [0, 0.1) is 0 Å². The van der Waals surface area contributed by atoms with E-state index in [0.29, 0.717) is 28.1 Å². The van der Waals surface area contributed by atoms with Crippen LogP contribution >= 0.6 is 23.2 Å². The second-order valence-electron chi connectivity index (χ2n) is 6.26. The van der Waals surface area contributed by atoms with Crippen molar-refractivity contribution in [1.29, 1.82) is 0 Å². The number of hydrogen-bond acceptors (Lipinski definition) is 3. The summed E-state index contributed by atoms with van der Waals surface area (Å²) in [6, 6.07) is 12.2. The Hall–Kier alpha value is -1.91. The normalized spacial score (nSPS) is 11.7. The Morgan fingerprint density at radius 3 is 2.48 bits per heavy atom. The van der Waals surface area contributed by atoms with E-state index in [1.807, 2.05) is 12.1 Å². The van der Waals surface area contributed by atoms with Crippen LogP contribution in [0.15, 0.2) is 42.5 Å². The van der Waals surface area contributed by atoms with Crippen LogP contribution in [0.2, 0.25) is 10.0 Å². The molecule has 2 aromatic carbocycles. The largest absolute Gasteiger partial charge is 0.494 e. The molecule has 2 rings (SSSR count). The Morgan fingerprint density at radius 1 is 1.07 bits per heavy atom. The smallest absolute Gasteiger partial charge is 0.265 e. The minimum absolute atomic E-state index is 0.269. The third-order valence-corrected chi connectivity index (χ3v) is 4.49. The molecule has 27 heavy (non-hydrogen) atoms. The predicted octanol–water partition coefficient (Wildman–Crippen LogP) is 6.36. The number of rotatable bonds is 10. The van der Waals surface area contributed by atoms with E-state index in [-0.39, 0.29) is 5.91 Å². The van der Waals surface area contributed by atoms with Gasteiger partial charge in [0.05, 0.1) is 11.6 Å². The van der Waals surface area contributed by atoms with E-state index in [9.17, 15) is 4.79 Å². The van der Waals surface area contributed by atoms with Gasteiger partial charge >= 0.3 is 0 Å². The quantitative estimate of drug-likeness (QED) is 0.464. The van der Waals surface area contributed by atoms with Gasteiger partial charge in [0.15, 0.2) is 6.10 Å². The maximum atomic E-state index is 12.3. The van der Waals surface area contributed by atoms with Crippen LogP contribution in [0.25, 0.3) is 0 Å². The van der Waals surface area contributed by atoms with Crippen LogP contribution in [0.4, 0.5) is 5.69 Å². The molecule has 2 aromatic rings. The Labute approximate surface area is 170 Å². The first kappa shape index (κ1) is 21.4. The highest BCUT2D eigenvalue weighted by Gasteiger charge is 2.16. The van der Waals surface area contributed by atoms with Gasteiger partial charge in [-0.1, -0.05) is 49.4 Å². The molecular formula is C21H25Cl2NO3. The van der Waals surface area contributed by atoms with Gasteiger partial charge in [-0.15, -0.1) is 0 Å². The number of nitrogens with one attached hydrogen (secondary N) is 1. The Bertz CT molecular complexity index is 735. The average molecular weight is 410 g/mol. The summed E-state index contributed by atoms with van der Waals surface area (Å²) in [6.45, 7) is 4.55. The molecule has 0 spiro atoms. The molecule has 1 N–H and O–H groups in total. The van der Waals surface area contributed by atoms with Crippen molar-refractivity contribution in [2.45, 2.75) is 45.6 Å². The van der Waals surface area contributed by atoms with Crippen LogP contribution in [-0.2, 0) is 4.79 Å². The van der Waals surface area contributed by atoms with Crippen molar-refractivity contribution in [3.63, 3.8) is 0 Å². The van der Waals surface area contributed by atoms with E-state index in [2.05, 4.69) is 12.2 Å². The maximum Gasteiger partial charge on any atom is 0.265 e. The van der Waals surface area contributed by atoms with Gasteiger partial charge in [-0.3, -0.25) is 4.79 Å². The number of benzene rings is 2. The highest BCUT2D eigenvalue weighted by Crippen LogP contribution is 2.28. The van der Waals surface area contributed by atoms with E-state index in [1.165, 1.54) is 19.3 Å². The van der Waals surface area contributed by atoms with E-state index >= 15 is 0 Å².